The van der Waals surface area contributed by atoms with Crippen LogP contribution in [-0.2, 0) is 0 Å². The third-order valence-electron chi connectivity index (χ3n) is 13.3. The molecule has 302 valence electrons. The average molecular weight is 819 g/mol. The van der Waals surface area contributed by atoms with Crippen molar-refractivity contribution in [3.05, 3.63) is 237 Å². The minimum Gasteiger partial charge on any atom is -0.333 e. The van der Waals surface area contributed by atoms with Crippen LogP contribution in [-0.4, -0.2) is 13.7 Å². The maximum absolute atomic E-state index is 2.54. The Morgan fingerprint density at radius 2 is 0.828 bits per heavy atom. The largest absolute Gasteiger partial charge is 0.333 e. The molecule has 1 aliphatic carbocycles. The molecule has 3 aromatic heterocycles. The lowest BCUT2D eigenvalue weighted by Gasteiger charge is -2.27. The molecule has 0 bridgehead atoms. The minimum atomic E-state index is 0.229. The van der Waals surface area contributed by atoms with Crippen molar-refractivity contribution in [2.45, 2.75) is 12.5 Å². The molecule has 0 saturated carbocycles. The van der Waals surface area contributed by atoms with Crippen molar-refractivity contribution in [2.24, 2.45) is 0 Å². The molecule has 0 aliphatic heterocycles. The lowest BCUT2D eigenvalue weighted by atomic mass is 10.0. The third-order valence-corrected chi connectivity index (χ3v) is 13.3. The quantitative estimate of drug-likeness (QED) is 0.157. The maximum Gasteiger partial charge on any atom is 0.0561 e. The average Bonchev–Trinajstić information content (AvgIpc) is 4.00. The van der Waals surface area contributed by atoms with E-state index >= 15 is 0 Å². The Labute approximate surface area is 371 Å². The first-order chi connectivity index (χ1) is 31.8. The standard InChI is InChI=1S/C60H42N4/c1-4-16-43(17-5-1)62-57-27-15-12-24-51(57)54-38-42(30-37-58(54)62)41-28-31-46(32-29-41)61(47-33-35-52-49-22-10-13-25-55(49)63(59(52)39-47)44-18-6-2-7-19-44)48-34-36-53-50-23-11-14-26-56(50)64(60(53)40-48)45-20-8-3-9-21-45/h1-20,22-40,45H,21H2. The van der Waals surface area contributed by atoms with Gasteiger partial charge in [-0.15, -0.1) is 0 Å². The Morgan fingerprint density at radius 3 is 1.47 bits per heavy atom. The number of benzene rings is 9. The van der Waals surface area contributed by atoms with Crippen LogP contribution in [0.2, 0.25) is 0 Å². The van der Waals surface area contributed by atoms with E-state index in [1.54, 1.807) is 0 Å². The molecule has 1 unspecified atom stereocenters. The van der Waals surface area contributed by atoms with Crippen LogP contribution in [0.25, 0.3) is 87.9 Å². The molecule has 9 aromatic carbocycles. The van der Waals surface area contributed by atoms with Crippen LogP contribution in [0, 0.1) is 0 Å². The lowest BCUT2D eigenvalue weighted by Crippen LogP contribution is -2.11. The summed E-state index contributed by atoms with van der Waals surface area (Å²) in [6.07, 6.45) is 9.92. The molecule has 0 radical (unpaired) electrons. The van der Waals surface area contributed by atoms with Gasteiger partial charge in [0, 0.05) is 66.3 Å². The van der Waals surface area contributed by atoms with Gasteiger partial charge in [0.05, 0.1) is 33.6 Å². The maximum atomic E-state index is 2.54. The van der Waals surface area contributed by atoms with Gasteiger partial charge in [0.2, 0.25) is 0 Å². The first-order valence-electron chi connectivity index (χ1n) is 22.2. The van der Waals surface area contributed by atoms with Gasteiger partial charge in [-0.3, -0.25) is 0 Å². The number of allylic oxidation sites excluding steroid dienone is 4. The van der Waals surface area contributed by atoms with Crippen LogP contribution in [0.3, 0.4) is 0 Å². The van der Waals surface area contributed by atoms with Crippen LogP contribution in [0.5, 0.6) is 0 Å². The summed E-state index contributed by atoms with van der Waals surface area (Å²) in [7, 11) is 0. The third kappa shape index (κ3) is 5.69. The summed E-state index contributed by atoms with van der Waals surface area (Å²) in [5, 5.41) is 7.52. The summed E-state index contributed by atoms with van der Waals surface area (Å²) in [5.74, 6) is 0. The van der Waals surface area contributed by atoms with Crippen molar-refractivity contribution < 1.29 is 0 Å². The predicted octanol–water partition coefficient (Wildman–Crippen LogP) is 16.2. The Morgan fingerprint density at radius 1 is 0.344 bits per heavy atom. The van der Waals surface area contributed by atoms with Crippen LogP contribution in [0.15, 0.2) is 237 Å². The van der Waals surface area contributed by atoms with Crippen LogP contribution < -0.4 is 4.90 Å². The molecule has 13 rings (SSSR count). The number of hydrogen-bond donors (Lipinski definition) is 0. The van der Waals surface area contributed by atoms with E-state index < -0.39 is 0 Å². The Hall–Kier alpha value is -8.34. The van der Waals surface area contributed by atoms with Gasteiger partial charge >= 0.3 is 0 Å². The highest BCUT2D eigenvalue weighted by Gasteiger charge is 2.22. The monoisotopic (exact) mass is 818 g/mol. The minimum absolute atomic E-state index is 0.229. The SMILES string of the molecule is C1=CCC(n2c3ccccc3c3ccc(N(c4ccc(-c5ccc6c(c5)c5ccccc5n6-c5ccccc5)cc4)c4ccc5c6ccccc6n(-c6ccccc6)c5c4)cc32)C=C1. The van der Waals surface area contributed by atoms with E-state index in [1.165, 1.54) is 82.2 Å². The molecule has 0 spiro atoms. The predicted molar refractivity (Wildman–Crippen MR) is 270 cm³/mol. The molecule has 4 heteroatoms. The van der Waals surface area contributed by atoms with Crippen molar-refractivity contribution in [3.63, 3.8) is 0 Å². The molecule has 0 N–H and O–H groups in total. The second kappa shape index (κ2) is 14.6. The number of anilines is 3. The first kappa shape index (κ1) is 36.3. The van der Waals surface area contributed by atoms with E-state index in [0.29, 0.717) is 0 Å². The van der Waals surface area contributed by atoms with Gasteiger partial charge in [-0.25, -0.2) is 0 Å². The van der Waals surface area contributed by atoms with E-state index in [0.717, 1.165) is 29.2 Å². The van der Waals surface area contributed by atoms with Crippen LogP contribution in [0.1, 0.15) is 12.5 Å². The number of rotatable bonds is 7. The molecule has 0 saturated heterocycles. The molecule has 1 atom stereocenters. The molecule has 0 amide bonds. The molecule has 12 aromatic rings. The molecule has 4 nitrogen and oxygen atoms in total. The Kier molecular flexibility index (Phi) is 8.31. The van der Waals surface area contributed by atoms with E-state index in [-0.39, 0.29) is 6.04 Å². The van der Waals surface area contributed by atoms with Crippen molar-refractivity contribution in [1.82, 2.24) is 13.7 Å². The van der Waals surface area contributed by atoms with E-state index in [4.69, 9.17) is 0 Å². The molecule has 3 heterocycles. The summed E-state index contributed by atoms with van der Waals surface area (Å²) in [6.45, 7) is 0. The van der Waals surface area contributed by atoms with Crippen LogP contribution >= 0.6 is 0 Å². The van der Waals surface area contributed by atoms with Crippen molar-refractivity contribution in [1.29, 1.82) is 0 Å². The first-order valence-corrected chi connectivity index (χ1v) is 22.2. The topological polar surface area (TPSA) is 18.0 Å². The number of fused-ring (bicyclic) bond motifs is 9. The van der Waals surface area contributed by atoms with Gasteiger partial charge in [-0.05, 0) is 109 Å². The van der Waals surface area contributed by atoms with E-state index in [2.05, 4.69) is 255 Å². The van der Waals surface area contributed by atoms with Gasteiger partial charge in [0.25, 0.3) is 0 Å². The number of para-hydroxylation sites is 5. The van der Waals surface area contributed by atoms with Gasteiger partial charge in [0.15, 0.2) is 0 Å². The normalized spacial score (nSPS) is 13.9. The molecule has 1 aliphatic rings. The zero-order valence-electron chi connectivity index (χ0n) is 35.1. The van der Waals surface area contributed by atoms with Crippen molar-refractivity contribution in [2.75, 3.05) is 4.90 Å². The highest BCUT2D eigenvalue weighted by Crippen LogP contribution is 2.44. The molecule has 0 fully saturated rings. The number of hydrogen-bond acceptors (Lipinski definition) is 1. The zero-order chi connectivity index (χ0) is 42.1. The highest BCUT2D eigenvalue weighted by molar-refractivity contribution is 6.13. The Balaban J connectivity index is 0.995. The fraction of sp³-hybridized carbons (Fsp3) is 0.0333. The number of nitrogens with zero attached hydrogens (tertiary/aromatic N) is 4. The highest BCUT2D eigenvalue weighted by atomic mass is 15.1. The second-order valence-corrected chi connectivity index (χ2v) is 16.9. The lowest BCUT2D eigenvalue weighted by molar-refractivity contribution is 0.648. The van der Waals surface area contributed by atoms with Gasteiger partial charge in [0.1, 0.15) is 0 Å². The van der Waals surface area contributed by atoms with Gasteiger partial charge in [-0.2, -0.15) is 0 Å². The number of aromatic nitrogens is 3. The van der Waals surface area contributed by atoms with Crippen molar-refractivity contribution >= 4 is 82.5 Å². The fourth-order valence-electron chi connectivity index (χ4n) is 10.5. The van der Waals surface area contributed by atoms with E-state index in [1.807, 2.05) is 0 Å². The summed E-state index contributed by atoms with van der Waals surface area (Å²) >= 11 is 0. The summed E-state index contributed by atoms with van der Waals surface area (Å²) in [5.41, 5.74) is 15.2. The Bertz CT molecular complexity index is 3810. The van der Waals surface area contributed by atoms with Gasteiger partial charge < -0.3 is 18.6 Å². The summed E-state index contributed by atoms with van der Waals surface area (Å²) in [6, 6.07) is 78.1. The second-order valence-electron chi connectivity index (χ2n) is 16.9. The van der Waals surface area contributed by atoms with Gasteiger partial charge in [-0.1, -0.05) is 146 Å². The summed E-state index contributed by atoms with van der Waals surface area (Å²) < 4.78 is 7.32. The molecular weight excluding hydrogens is 777 g/mol. The molecule has 64 heavy (non-hydrogen) atoms. The van der Waals surface area contributed by atoms with Crippen molar-refractivity contribution in [3.8, 4) is 22.5 Å². The molecular formula is C60H42N4. The fourth-order valence-corrected chi connectivity index (χ4v) is 10.5. The van der Waals surface area contributed by atoms with E-state index in [9.17, 15) is 0 Å². The smallest absolute Gasteiger partial charge is 0.0561 e. The summed E-state index contributed by atoms with van der Waals surface area (Å²) in [4.78, 5) is 2.44. The zero-order valence-corrected chi connectivity index (χ0v) is 35.1. The van der Waals surface area contributed by atoms with Crippen LogP contribution in [0.4, 0.5) is 17.1 Å².